The molecular formula is C66H44N2. The second-order valence-electron chi connectivity index (χ2n) is 17.7. The number of rotatable bonds is 8. The predicted octanol–water partition coefficient (Wildman–Crippen LogP) is 18.4. The molecule has 0 bridgehead atoms. The lowest BCUT2D eigenvalue weighted by molar-refractivity contribution is 1.17. The number of fused-ring (bicyclic) bond motifs is 7. The van der Waals surface area contributed by atoms with E-state index in [1.807, 2.05) is 0 Å². The van der Waals surface area contributed by atoms with Gasteiger partial charge in [0.25, 0.3) is 0 Å². The van der Waals surface area contributed by atoms with Crippen LogP contribution in [0, 0.1) is 0 Å². The molecule has 2 nitrogen and oxygen atoms in total. The summed E-state index contributed by atoms with van der Waals surface area (Å²) in [4.78, 5) is 2.36. The Morgan fingerprint density at radius 1 is 0.235 bits per heavy atom. The Bertz CT molecular complexity index is 3920. The Balaban J connectivity index is 0.850. The van der Waals surface area contributed by atoms with E-state index in [2.05, 4.69) is 276 Å². The number of aromatic nitrogens is 1. The fourth-order valence-corrected chi connectivity index (χ4v) is 10.4. The summed E-state index contributed by atoms with van der Waals surface area (Å²) in [5.41, 5.74) is 16.5. The van der Waals surface area contributed by atoms with Crippen molar-refractivity contribution in [3.8, 4) is 50.2 Å². The first-order valence-electron chi connectivity index (χ1n) is 23.4. The molecule has 0 unspecified atom stereocenters. The van der Waals surface area contributed by atoms with Crippen LogP contribution in [0.4, 0.5) is 17.1 Å². The summed E-state index contributed by atoms with van der Waals surface area (Å²) in [5, 5.41) is 10.1. The highest BCUT2D eigenvalue weighted by molar-refractivity contribution is 6.14. The first kappa shape index (κ1) is 39.4. The van der Waals surface area contributed by atoms with Gasteiger partial charge in [-0.15, -0.1) is 0 Å². The summed E-state index contributed by atoms with van der Waals surface area (Å²) >= 11 is 0. The van der Waals surface area contributed by atoms with Crippen molar-refractivity contribution < 1.29 is 0 Å². The van der Waals surface area contributed by atoms with Crippen molar-refractivity contribution in [1.29, 1.82) is 0 Å². The lowest BCUT2D eigenvalue weighted by atomic mass is 9.92. The second-order valence-corrected chi connectivity index (χ2v) is 17.7. The highest BCUT2D eigenvalue weighted by Gasteiger charge is 2.17. The minimum atomic E-state index is 1.09. The molecular weight excluding hydrogens is 821 g/mol. The van der Waals surface area contributed by atoms with Gasteiger partial charge >= 0.3 is 0 Å². The molecule has 0 atom stereocenters. The largest absolute Gasteiger partial charge is 0.311 e. The number of hydrogen-bond acceptors (Lipinski definition) is 1. The normalized spacial score (nSPS) is 11.5. The van der Waals surface area contributed by atoms with Gasteiger partial charge in [0, 0.05) is 33.5 Å². The fourth-order valence-electron chi connectivity index (χ4n) is 10.4. The maximum Gasteiger partial charge on any atom is 0.0541 e. The van der Waals surface area contributed by atoms with Gasteiger partial charge in [0.15, 0.2) is 0 Å². The minimum absolute atomic E-state index is 1.09. The third-order valence-electron chi connectivity index (χ3n) is 13.8. The molecule has 318 valence electrons. The third-order valence-corrected chi connectivity index (χ3v) is 13.8. The molecule has 0 spiro atoms. The van der Waals surface area contributed by atoms with Crippen molar-refractivity contribution in [3.63, 3.8) is 0 Å². The average Bonchev–Trinajstić information content (AvgIpc) is 3.76. The van der Waals surface area contributed by atoms with E-state index in [1.54, 1.807) is 0 Å². The van der Waals surface area contributed by atoms with Crippen molar-refractivity contribution in [2.75, 3.05) is 4.90 Å². The van der Waals surface area contributed by atoms with Crippen LogP contribution in [0.1, 0.15) is 0 Å². The van der Waals surface area contributed by atoms with Crippen molar-refractivity contribution in [1.82, 2.24) is 4.57 Å². The van der Waals surface area contributed by atoms with E-state index in [0.29, 0.717) is 0 Å². The Morgan fingerprint density at radius 2 is 0.632 bits per heavy atom. The number of para-hydroxylation sites is 2. The molecule has 0 saturated carbocycles. The molecule has 0 aliphatic heterocycles. The van der Waals surface area contributed by atoms with Crippen LogP contribution in [0.15, 0.2) is 267 Å². The molecule has 0 fully saturated rings. The van der Waals surface area contributed by atoms with Crippen LogP contribution in [0.3, 0.4) is 0 Å². The van der Waals surface area contributed by atoms with E-state index in [0.717, 1.165) is 22.7 Å². The molecule has 68 heavy (non-hydrogen) atoms. The minimum Gasteiger partial charge on any atom is -0.311 e. The molecule has 13 aromatic rings. The quantitative estimate of drug-likeness (QED) is 0.138. The molecule has 0 aliphatic carbocycles. The summed E-state index contributed by atoms with van der Waals surface area (Å²) < 4.78 is 2.38. The van der Waals surface area contributed by atoms with Gasteiger partial charge in [0.1, 0.15) is 0 Å². The van der Waals surface area contributed by atoms with Crippen LogP contribution in [-0.4, -0.2) is 4.57 Å². The molecule has 2 heteroatoms. The van der Waals surface area contributed by atoms with Gasteiger partial charge in [-0.3, -0.25) is 0 Å². The number of nitrogens with zero attached hydrogens (tertiary/aromatic N) is 2. The SMILES string of the molecule is c1ccc(-c2ccc3cc(-c4ccc(N(c5ccc(-c6ccc(-c7cc8ccccc8c8ccccc78)cc6)cc5)c5ccc(-n6c7ccccc7c7ccccc76)cc5)cc4)ccc3c2)cc1. The number of anilines is 3. The van der Waals surface area contributed by atoms with Gasteiger partial charge in [0.05, 0.1) is 11.0 Å². The molecule has 1 heterocycles. The highest BCUT2D eigenvalue weighted by Crippen LogP contribution is 2.40. The van der Waals surface area contributed by atoms with Crippen LogP contribution in [0.5, 0.6) is 0 Å². The van der Waals surface area contributed by atoms with Crippen LogP contribution in [0.25, 0.3) is 104 Å². The van der Waals surface area contributed by atoms with Crippen LogP contribution in [0.2, 0.25) is 0 Å². The van der Waals surface area contributed by atoms with E-state index in [4.69, 9.17) is 0 Å². The Labute approximate surface area is 395 Å². The fraction of sp³-hybridized carbons (Fsp3) is 0. The smallest absolute Gasteiger partial charge is 0.0541 e. The van der Waals surface area contributed by atoms with Crippen molar-refractivity contribution in [2.24, 2.45) is 0 Å². The standard InChI is InChI=1S/C66H44N2/c1-2-12-45(13-3-1)50-26-28-53-43-51(27-29-52(53)42-50)48-32-36-56(37-33-48)67(57-38-40-58(41-39-57)68-65-20-10-8-18-62(65)63-19-9-11-21-66(63)68)55-34-30-47(31-35-55)46-22-24-49(25-23-46)64-44-54-14-4-5-15-59(54)60-16-6-7-17-61(60)64/h1-44H. The van der Waals surface area contributed by atoms with Crippen LogP contribution < -0.4 is 4.90 Å². The van der Waals surface area contributed by atoms with Crippen molar-refractivity contribution in [2.45, 2.75) is 0 Å². The zero-order chi connectivity index (χ0) is 45.0. The van der Waals surface area contributed by atoms with Crippen LogP contribution in [-0.2, 0) is 0 Å². The summed E-state index contributed by atoms with van der Waals surface area (Å²) in [6, 6.07) is 97.4. The third kappa shape index (κ3) is 6.90. The van der Waals surface area contributed by atoms with E-state index >= 15 is 0 Å². The highest BCUT2D eigenvalue weighted by atomic mass is 15.1. The monoisotopic (exact) mass is 864 g/mol. The molecule has 13 rings (SSSR count). The van der Waals surface area contributed by atoms with Gasteiger partial charge in [-0.2, -0.15) is 0 Å². The van der Waals surface area contributed by atoms with Gasteiger partial charge < -0.3 is 9.47 Å². The van der Waals surface area contributed by atoms with Crippen molar-refractivity contribution in [3.05, 3.63) is 267 Å². The topological polar surface area (TPSA) is 8.17 Å². The molecule has 12 aromatic carbocycles. The first-order chi connectivity index (χ1) is 33.7. The molecule has 0 N–H and O–H groups in total. The van der Waals surface area contributed by atoms with Crippen molar-refractivity contribution >= 4 is 71.2 Å². The summed E-state index contributed by atoms with van der Waals surface area (Å²) in [6.07, 6.45) is 0. The van der Waals surface area contributed by atoms with E-state index < -0.39 is 0 Å². The van der Waals surface area contributed by atoms with Crippen LogP contribution >= 0.6 is 0 Å². The average molecular weight is 865 g/mol. The van der Waals surface area contributed by atoms with Gasteiger partial charge in [-0.25, -0.2) is 0 Å². The second kappa shape index (κ2) is 16.5. The Hall–Kier alpha value is -8.98. The van der Waals surface area contributed by atoms with Gasteiger partial charge in [-0.1, -0.05) is 188 Å². The lowest BCUT2D eigenvalue weighted by Crippen LogP contribution is -2.10. The summed E-state index contributed by atoms with van der Waals surface area (Å²) in [7, 11) is 0. The molecule has 0 aliphatic rings. The number of benzene rings is 12. The molecule has 1 aromatic heterocycles. The Morgan fingerprint density at radius 3 is 1.21 bits per heavy atom. The van der Waals surface area contributed by atoms with Gasteiger partial charge in [-0.05, 0) is 156 Å². The number of hydrogen-bond donors (Lipinski definition) is 0. The first-order valence-corrected chi connectivity index (χ1v) is 23.4. The lowest BCUT2D eigenvalue weighted by Gasteiger charge is -2.26. The molecule has 0 radical (unpaired) electrons. The van der Waals surface area contributed by atoms with E-state index in [-0.39, 0.29) is 0 Å². The van der Waals surface area contributed by atoms with E-state index in [9.17, 15) is 0 Å². The summed E-state index contributed by atoms with van der Waals surface area (Å²) in [6.45, 7) is 0. The maximum absolute atomic E-state index is 2.38. The summed E-state index contributed by atoms with van der Waals surface area (Å²) in [5.74, 6) is 0. The maximum atomic E-state index is 2.38. The Kier molecular flexibility index (Phi) is 9.54. The van der Waals surface area contributed by atoms with E-state index in [1.165, 1.54) is 98.6 Å². The molecule has 0 amide bonds. The molecule has 0 saturated heterocycles. The van der Waals surface area contributed by atoms with Gasteiger partial charge in [0.2, 0.25) is 0 Å². The zero-order valence-corrected chi connectivity index (χ0v) is 37.3. The predicted molar refractivity (Wildman–Crippen MR) is 290 cm³/mol. The zero-order valence-electron chi connectivity index (χ0n) is 37.3.